The zero-order valence-corrected chi connectivity index (χ0v) is 13.6. The quantitative estimate of drug-likeness (QED) is 0.756. The molecule has 6 nitrogen and oxygen atoms in total. The van der Waals surface area contributed by atoms with E-state index in [1.54, 1.807) is 36.4 Å². The van der Waals surface area contributed by atoms with Crippen LogP contribution in [0, 0.1) is 5.92 Å². The minimum Gasteiger partial charge on any atom is -0.479 e. The topological polar surface area (TPSA) is 99.3 Å². The van der Waals surface area contributed by atoms with Gasteiger partial charge in [0, 0.05) is 17.3 Å². The minimum absolute atomic E-state index is 0.150. The molecule has 0 radical (unpaired) electrons. The van der Waals surface area contributed by atoms with Crippen molar-refractivity contribution in [2.45, 2.75) is 26.3 Å². The van der Waals surface area contributed by atoms with E-state index in [0.29, 0.717) is 23.6 Å². The van der Waals surface area contributed by atoms with E-state index in [0.717, 1.165) is 0 Å². The van der Waals surface area contributed by atoms with Gasteiger partial charge in [0.05, 0.1) is 0 Å². The number of rotatable bonds is 6. The van der Waals surface area contributed by atoms with Crippen molar-refractivity contribution in [3.8, 4) is 0 Å². The van der Waals surface area contributed by atoms with Crippen molar-refractivity contribution in [1.82, 2.24) is 10.3 Å². The number of aliphatic carboxylic acids is 1. The number of hydrogen-bond acceptors (Lipinski definition) is 3. The van der Waals surface area contributed by atoms with Gasteiger partial charge in [-0.1, -0.05) is 44.2 Å². The van der Waals surface area contributed by atoms with Crippen molar-refractivity contribution in [3.05, 3.63) is 69.6 Å². The highest BCUT2D eigenvalue weighted by molar-refractivity contribution is 5.96. The normalized spacial score (nSPS) is 12.0. The third kappa shape index (κ3) is 4.55. The van der Waals surface area contributed by atoms with E-state index in [4.69, 9.17) is 0 Å². The second kappa shape index (κ2) is 7.59. The molecule has 0 saturated carbocycles. The van der Waals surface area contributed by atoms with Crippen LogP contribution in [0.2, 0.25) is 0 Å². The minimum atomic E-state index is -1.17. The molecule has 2 rings (SSSR count). The summed E-state index contributed by atoms with van der Waals surface area (Å²) in [5, 5.41) is 11.8. The fourth-order valence-electron chi connectivity index (χ4n) is 2.43. The van der Waals surface area contributed by atoms with E-state index in [2.05, 4.69) is 10.3 Å². The zero-order chi connectivity index (χ0) is 17.7. The van der Waals surface area contributed by atoms with Crippen molar-refractivity contribution in [2.24, 2.45) is 5.92 Å². The molecule has 1 atom stereocenters. The maximum absolute atomic E-state index is 12.4. The van der Waals surface area contributed by atoms with Crippen LogP contribution in [0.4, 0.5) is 0 Å². The van der Waals surface area contributed by atoms with Gasteiger partial charge in [0.15, 0.2) is 6.04 Å². The van der Waals surface area contributed by atoms with Crippen LogP contribution in [0.5, 0.6) is 0 Å². The number of amides is 1. The van der Waals surface area contributed by atoms with Crippen molar-refractivity contribution < 1.29 is 14.7 Å². The van der Waals surface area contributed by atoms with E-state index >= 15 is 0 Å². The number of benzene rings is 1. The molecule has 126 valence electrons. The first kappa shape index (κ1) is 17.5. The first-order valence-corrected chi connectivity index (χ1v) is 7.68. The molecule has 0 aliphatic rings. The monoisotopic (exact) mass is 328 g/mol. The van der Waals surface area contributed by atoms with Crippen LogP contribution in [0.15, 0.2) is 47.3 Å². The lowest BCUT2D eigenvalue weighted by molar-refractivity contribution is -0.139. The molecule has 0 unspecified atom stereocenters. The van der Waals surface area contributed by atoms with Gasteiger partial charge in [0.2, 0.25) is 5.56 Å². The third-order valence-electron chi connectivity index (χ3n) is 3.45. The molecule has 0 spiro atoms. The van der Waals surface area contributed by atoms with E-state index in [1.807, 2.05) is 13.8 Å². The van der Waals surface area contributed by atoms with Gasteiger partial charge in [-0.25, -0.2) is 4.79 Å². The Labute approximate surface area is 139 Å². The summed E-state index contributed by atoms with van der Waals surface area (Å²) >= 11 is 0. The van der Waals surface area contributed by atoms with Crippen LogP contribution >= 0.6 is 0 Å². The number of carboxylic acids is 1. The van der Waals surface area contributed by atoms with Gasteiger partial charge in [-0.05, 0) is 24.0 Å². The SMILES string of the molecule is CC(C)Cc1cc(C(=O)N[C@H](C(=O)O)c2ccccc2)cc(=O)[nH]1. The first-order chi connectivity index (χ1) is 11.4. The van der Waals surface area contributed by atoms with E-state index in [1.165, 1.54) is 6.07 Å². The van der Waals surface area contributed by atoms with Gasteiger partial charge in [-0.15, -0.1) is 0 Å². The maximum Gasteiger partial charge on any atom is 0.330 e. The van der Waals surface area contributed by atoms with Gasteiger partial charge < -0.3 is 15.4 Å². The predicted molar refractivity (Wildman–Crippen MR) is 89.9 cm³/mol. The Hall–Kier alpha value is -2.89. The molecule has 1 amide bonds. The maximum atomic E-state index is 12.4. The Morgan fingerprint density at radius 1 is 1.17 bits per heavy atom. The summed E-state index contributed by atoms with van der Waals surface area (Å²) in [4.78, 5) is 38.3. The number of carbonyl (C=O) groups is 2. The molecule has 0 fully saturated rings. The van der Waals surface area contributed by atoms with Crippen molar-refractivity contribution in [1.29, 1.82) is 0 Å². The average Bonchev–Trinajstić information content (AvgIpc) is 2.51. The summed E-state index contributed by atoms with van der Waals surface area (Å²) in [5.74, 6) is -1.45. The Morgan fingerprint density at radius 3 is 2.42 bits per heavy atom. The largest absolute Gasteiger partial charge is 0.479 e. The molecule has 0 aliphatic carbocycles. The highest BCUT2D eigenvalue weighted by Gasteiger charge is 2.22. The fraction of sp³-hybridized carbons (Fsp3) is 0.278. The third-order valence-corrected chi connectivity index (χ3v) is 3.45. The lowest BCUT2D eigenvalue weighted by Crippen LogP contribution is -2.34. The van der Waals surface area contributed by atoms with Gasteiger partial charge >= 0.3 is 5.97 Å². The van der Waals surface area contributed by atoms with Crippen LogP contribution in [-0.4, -0.2) is 22.0 Å². The number of carbonyl (C=O) groups excluding carboxylic acids is 1. The molecule has 24 heavy (non-hydrogen) atoms. The Balaban J connectivity index is 2.26. The smallest absolute Gasteiger partial charge is 0.330 e. The summed E-state index contributed by atoms with van der Waals surface area (Å²) in [5.41, 5.74) is 0.876. The molecule has 0 saturated heterocycles. The Kier molecular flexibility index (Phi) is 5.52. The molecular formula is C18H20N2O4. The summed E-state index contributed by atoms with van der Waals surface area (Å²) < 4.78 is 0. The van der Waals surface area contributed by atoms with Crippen molar-refractivity contribution in [2.75, 3.05) is 0 Å². The number of aromatic amines is 1. The molecule has 6 heteroatoms. The predicted octanol–water partition coefficient (Wildman–Crippen LogP) is 2.13. The van der Waals surface area contributed by atoms with Gasteiger partial charge in [-0.3, -0.25) is 9.59 Å². The second-order valence-electron chi connectivity index (χ2n) is 6.01. The highest BCUT2D eigenvalue weighted by Crippen LogP contribution is 2.14. The Morgan fingerprint density at radius 2 is 1.83 bits per heavy atom. The van der Waals surface area contributed by atoms with Crippen LogP contribution in [-0.2, 0) is 11.2 Å². The van der Waals surface area contributed by atoms with E-state index in [9.17, 15) is 19.5 Å². The Bertz CT molecular complexity index is 781. The molecule has 0 bridgehead atoms. The molecule has 1 heterocycles. The summed E-state index contributed by atoms with van der Waals surface area (Å²) in [6, 6.07) is 9.99. The lowest BCUT2D eigenvalue weighted by atomic mass is 10.0. The molecule has 2 aromatic rings. The van der Waals surface area contributed by atoms with Crippen LogP contribution in [0.1, 0.15) is 41.5 Å². The van der Waals surface area contributed by atoms with Crippen LogP contribution < -0.4 is 10.9 Å². The molecule has 0 aliphatic heterocycles. The number of pyridine rings is 1. The number of carboxylic acid groups (broad SMARTS) is 1. The van der Waals surface area contributed by atoms with Gasteiger partial charge in [0.1, 0.15) is 0 Å². The summed E-state index contributed by atoms with van der Waals surface area (Å²) in [6.45, 7) is 4.00. The summed E-state index contributed by atoms with van der Waals surface area (Å²) in [7, 11) is 0. The molecule has 1 aromatic carbocycles. The van der Waals surface area contributed by atoms with Gasteiger partial charge in [-0.2, -0.15) is 0 Å². The highest BCUT2D eigenvalue weighted by atomic mass is 16.4. The number of aromatic nitrogens is 1. The van der Waals surface area contributed by atoms with E-state index < -0.39 is 17.9 Å². The van der Waals surface area contributed by atoms with Crippen molar-refractivity contribution in [3.63, 3.8) is 0 Å². The zero-order valence-electron chi connectivity index (χ0n) is 13.6. The van der Waals surface area contributed by atoms with Crippen LogP contribution in [0.3, 0.4) is 0 Å². The fourth-order valence-corrected chi connectivity index (χ4v) is 2.43. The van der Waals surface area contributed by atoms with Gasteiger partial charge in [0.25, 0.3) is 5.91 Å². The average molecular weight is 328 g/mol. The van der Waals surface area contributed by atoms with Crippen molar-refractivity contribution >= 4 is 11.9 Å². The second-order valence-corrected chi connectivity index (χ2v) is 6.01. The lowest BCUT2D eigenvalue weighted by Gasteiger charge is -2.15. The molecule has 3 N–H and O–H groups in total. The number of hydrogen-bond donors (Lipinski definition) is 3. The standard InChI is InChI=1S/C18H20N2O4/c1-11(2)8-14-9-13(10-15(21)19-14)17(22)20-16(18(23)24)12-6-4-3-5-7-12/h3-7,9-11,16H,8H2,1-2H3,(H,19,21)(H,20,22)(H,23,24)/t16-/m0/s1. The number of nitrogens with one attached hydrogen (secondary N) is 2. The molecular weight excluding hydrogens is 308 g/mol. The number of H-pyrrole nitrogens is 1. The van der Waals surface area contributed by atoms with Crippen LogP contribution in [0.25, 0.3) is 0 Å². The first-order valence-electron chi connectivity index (χ1n) is 7.68. The van der Waals surface area contributed by atoms with E-state index in [-0.39, 0.29) is 11.1 Å². The molecule has 1 aromatic heterocycles. The summed E-state index contributed by atoms with van der Waals surface area (Å²) in [6.07, 6.45) is 0.622.